The average molecular weight is 342 g/mol. The zero-order valence-electron chi connectivity index (χ0n) is 14.5. The standard InChI is InChI=1S/C17H22N6O2/c1-3-25-15-7-5-4-6-14(15)19-17-20-16(12-18-21-17)23-10-8-22(9-11-23)13(2)24/h4-7,12H,3,8-11H2,1-2H3,(H,19,20,21). The maximum atomic E-state index is 11.4. The van der Waals surface area contributed by atoms with Gasteiger partial charge in [0.25, 0.3) is 0 Å². The van der Waals surface area contributed by atoms with Gasteiger partial charge in [-0.2, -0.15) is 10.1 Å². The van der Waals surface area contributed by atoms with Crippen LogP contribution in [-0.2, 0) is 4.79 Å². The average Bonchev–Trinajstić information content (AvgIpc) is 2.64. The molecule has 25 heavy (non-hydrogen) atoms. The van der Waals surface area contributed by atoms with Crippen LogP contribution in [0.25, 0.3) is 0 Å². The molecule has 132 valence electrons. The second-order valence-electron chi connectivity index (χ2n) is 5.69. The number of piperazine rings is 1. The lowest BCUT2D eigenvalue weighted by Gasteiger charge is -2.34. The summed E-state index contributed by atoms with van der Waals surface area (Å²) >= 11 is 0. The van der Waals surface area contributed by atoms with Crippen molar-refractivity contribution >= 4 is 23.4 Å². The van der Waals surface area contributed by atoms with Crippen molar-refractivity contribution < 1.29 is 9.53 Å². The minimum absolute atomic E-state index is 0.107. The molecule has 1 N–H and O–H groups in total. The lowest BCUT2D eigenvalue weighted by Crippen LogP contribution is -2.48. The van der Waals surface area contributed by atoms with Crippen LogP contribution in [0.1, 0.15) is 13.8 Å². The van der Waals surface area contributed by atoms with E-state index in [0.29, 0.717) is 25.6 Å². The normalized spacial score (nSPS) is 14.3. The van der Waals surface area contributed by atoms with E-state index >= 15 is 0 Å². The van der Waals surface area contributed by atoms with E-state index in [2.05, 4.69) is 25.4 Å². The first-order valence-electron chi connectivity index (χ1n) is 8.36. The van der Waals surface area contributed by atoms with Gasteiger partial charge in [0, 0.05) is 33.1 Å². The smallest absolute Gasteiger partial charge is 0.249 e. The first-order chi connectivity index (χ1) is 12.2. The van der Waals surface area contributed by atoms with Crippen molar-refractivity contribution in [1.82, 2.24) is 20.1 Å². The molecule has 0 unspecified atom stereocenters. The van der Waals surface area contributed by atoms with Crippen LogP contribution in [-0.4, -0.2) is 58.8 Å². The molecule has 1 aliphatic rings. The Bertz CT molecular complexity index is 731. The number of hydrogen-bond donors (Lipinski definition) is 1. The van der Waals surface area contributed by atoms with E-state index in [1.165, 1.54) is 0 Å². The summed E-state index contributed by atoms with van der Waals surface area (Å²) < 4.78 is 5.60. The minimum atomic E-state index is 0.107. The van der Waals surface area contributed by atoms with E-state index < -0.39 is 0 Å². The van der Waals surface area contributed by atoms with Crippen molar-refractivity contribution in [3.63, 3.8) is 0 Å². The van der Waals surface area contributed by atoms with Crippen molar-refractivity contribution in [2.75, 3.05) is 43.0 Å². The van der Waals surface area contributed by atoms with Gasteiger partial charge in [-0.05, 0) is 19.1 Å². The highest BCUT2D eigenvalue weighted by atomic mass is 16.5. The van der Waals surface area contributed by atoms with Crippen molar-refractivity contribution in [2.24, 2.45) is 0 Å². The van der Waals surface area contributed by atoms with Crippen LogP contribution in [0.4, 0.5) is 17.5 Å². The third-order valence-corrected chi connectivity index (χ3v) is 4.03. The Morgan fingerprint density at radius 1 is 1.24 bits per heavy atom. The van der Waals surface area contributed by atoms with Gasteiger partial charge >= 0.3 is 0 Å². The van der Waals surface area contributed by atoms with E-state index in [0.717, 1.165) is 30.3 Å². The van der Waals surface area contributed by atoms with Gasteiger partial charge in [-0.1, -0.05) is 12.1 Å². The molecular formula is C17H22N6O2. The number of para-hydroxylation sites is 2. The molecule has 0 spiro atoms. The maximum Gasteiger partial charge on any atom is 0.249 e. The van der Waals surface area contributed by atoms with Crippen LogP contribution < -0.4 is 15.0 Å². The first kappa shape index (κ1) is 16.9. The van der Waals surface area contributed by atoms with Crippen molar-refractivity contribution in [1.29, 1.82) is 0 Å². The van der Waals surface area contributed by atoms with Gasteiger partial charge in [-0.3, -0.25) is 4.79 Å². The summed E-state index contributed by atoms with van der Waals surface area (Å²) in [6, 6.07) is 7.64. The Morgan fingerprint density at radius 2 is 2.00 bits per heavy atom. The van der Waals surface area contributed by atoms with Crippen molar-refractivity contribution in [3.8, 4) is 5.75 Å². The second kappa shape index (κ2) is 7.78. The van der Waals surface area contributed by atoms with Gasteiger partial charge in [0.15, 0.2) is 5.82 Å². The lowest BCUT2D eigenvalue weighted by atomic mass is 10.3. The number of hydrogen-bond acceptors (Lipinski definition) is 7. The van der Waals surface area contributed by atoms with E-state index in [1.54, 1.807) is 13.1 Å². The highest BCUT2D eigenvalue weighted by molar-refractivity contribution is 5.73. The van der Waals surface area contributed by atoms with Gasteiger partial charge in [0.2, 0.25) is 11.9 Å². The van der Waals surface area contributed by atoms with Crippen LogP contribution in [0.5, 0.6) is 5.75 Å². The van der Waals surface area contributed by atoms with Crippen LogP contribution in [0.15, 0.2) is 30.5 Å². The molecule has 8 heteroatoms. The quantitative estimate of drug-likeness (QED) is 0.885. The number of rotatable bonds is 5. The molecule has 1 aromatic carbocycles. The van der Waals surface area contributed by atoms with E-state index in [9.17, 15) is 4.79 Å². The predicted molar refractivity (Wildman–Crippen MR) is 95.2 cm³/mol. The number of carbonyl (C=O) groups excluding carboxylic acids is 1. The number of ether oxygens (including phenoxy) is 1. The van der Waals surface area contributed by atoms with Gasteiger partial charge < -0.3 is 19.9 Å². The largest absolute Gasteiger partial charge is 0.492 e. The molecule has 0 atom stereocenters. The number of nitrogens with zero attached hydrogens (tertiary/aromatic N) is 5. The molecule has 3 rings (SSSR count). The van der Waals surface area contributed by atoms with Crippen LogP contribution >= 0.6 is 0 Å². The SMILES string of the molecule is CCOc1ccccc1Nc1nncc(N2CCN(C(C)=O)CC2)n1. The molecule has 1 aromatic heterocycles. The number of carbonyl (C=O) groups is 1. The fraction of sp³-hybridized carbons (Fsp3) is 0.412. The number of aromatic nitrogens is 3. The minimum Gasteiger partial charge on any atom is -0.492 e. The number of benzene rings is 1. The molecule has 8 nitrogen and oxygen atoms in total. The summed E-state index contributed by atoms with van der Waals surface area (Å²) in [5, 5.41) is 11.3. The molecule has 1 saturated heterocycles. The zero-order valence-corrected chi connectivity index (χ0v) is 14.5. The van der Waals surface area contributed by atoms with Crippen LogP contribution in [0.2, 0.25) is 0 Å². The molecule has 0 radical (unpaired) electrons. The van der Waals surface area contributed by atoms with Crippen molar-refractivity contribution in [3.05, 3.63) is 30.5 Å². The summed E-state index contributed by atoms with van der Waals surface area (Å²) in [7, 11) is 0. The third kappa shape index (κ3) is 4.14. The van der Waals surface area contributed by atoms with Gasteiger partial charge in [-0.15, -0.1) is 5.10 Å². The molecule has 0 aliphatic carbocycles. The van der Waals surface area contributed by atoms with Gasteiger partial charge in [0.05, 0.1) is 18.5 Å². The Hall–Kier alpha value is -2.90. The number of nitrogens with one attached hydrogen (secondary N) is 1. The topological polar surface area (TPSA) is 83.5 Å². The zero-order chi connectivity index (χ0) is 17.6. The number of anilines is 3. The van der Waals surface area contributed by atoms with Gasteiger partial charge in [0.1, 0.15) is 5.75 Å². The molecule has 1 aliphatic heterocycles. The summed E-state index contributed by atoms with van der Waals surface area (Å²) in [4.78, 5) is 19.9. The number of amides is 1. The highest BCUT2D eigenvalue weighted by Crippen LogP contribution is 2.26. The molecule has 2 heterocycles. The Morgan fingerprint density at radius 3 is 2.72 bits per heavy atom. The Balaban J connectivity index is 1.71. The summed E-state index contributed by atoms with van der Waals surface area (Å²) in [5.74, 6) is 2.01. The van der Waals surface area contributed by atoms with E-state index in [4.69, 9.17) is 4.74 Å². The van der Waals surface area contributed by atoms with Crippen LogP contribution in [0.3, 0.4) is 0 Å². The Kier molecular flexibility index (Phi) is 5.27. The molecule has 1 amide bonds. The first-order valence-corrected chi connectivity index (χ1v) is 8.36. The summed E-state index contributed by atoms with van der Waals surface area (Å²) in [6.45, 7) is 6.96. The monoisotopic (exact) mass is 342 g/mol. The molecular weight excluding hydrogens is 320 g/mol. The fourth-order valence-electron chi connectivity index (χ4n) is 2.72. The summed E-state index contributed by atoms with van der Waals surface area (Å²) in [5.41, 5.74) is 0.796. The predicted octanol–water partition coefficient (Wildman–Crippen LogP) is 1.68. The van der Waals surface area contributed by atoms with E-state index in [-0.39, 0.29) is 5.91 Å². The summed E-state index contributed by atoms with van der Waals surface area (Å²) in [6.07, 6.45) is 1.64. The van der Waals surface area contributed by atoms with Crippen LogP contribution in [0, 0.1) is 0 Å². The molecule has 0 saturated carbocycles. The van der Waals surface area contributed by atoms with E-state index in [1.807, 2.05) is 36.1 Å². The second-order valence-corrected chi connectivity index (χ2v) is 5.69. The Labute approximate surface area is 146 Å². The highest BCUT2D eigenvalue weighted by Gasteiger charge is 2.20. The molecule has 2 aromatic rings. The fourth-order valence-corrected chi connectivity index (χ4v) is 2.72. The third-order valence-electron chi connectivity index (χ3n) is 4.03. The molecule has 1 fully saturated rings. The van der Waals surface area contributed by atoms with Crippen molar-refractivity contribution in [2.45, 2.75) is 13.8 Å². The van der Waals surface area contributed by atoms with Gasteiger partial charge in [-0.25, -0.2) is 0 Å². The lowest BCUT2D eigenvalue weighted by molar-refractivity contribution is -0.129. The maximum absolute atomic E-state index is 11.4. The molecule has 0 bridgehead atoms.